The van der Waals surface area contributed by atoms with Gasteiger partial charge in [0.2, 0.25) is 11.9 Å². The van der Waals surface area contributed by atoms with Crippen LogP contribution in [0.3, 0.4) is 0 Å². The summed E-state index contributed by atoms with van der Waals surface area (Å²) in [7, 11) is 0. The lowest BCUT2D eigenvalue weighted by Crippen LogP contribution is -2.30. The average molecular weight is 299 g/mol. The minimum Gasteiger partial charge on any atom is -0.326 e. The molecule has 2 aromatic rings. The number of H-pyrrole nitrogens is 1. The third-order valence-electron chi connectivity index (χ3n) is 4.57. The zero-order valence-corrected chi connectivity index (χ0v) is 12.4. The Bertz CT molecular complexity index is 748. The SMILES string of the molecule is Cc1nc(-c2ccc3c(c2)CC(CC2CC2)C(=O)N3)c(F)[nH]1. The van der Waals surface area contributed by atoms with Crippen molar-refractivity contribution in [2.75, 3.05) is 5.32 Å². The van der Waals surface area contributed by atoms with Gasteiger partial charge in [0.15, 0.2) is 0 Å². The van der Waals surface area contributed by atoms with E-state index in [0.717, 1.165) is 29.7 Å². The summed E-state index contributed by atoms with van der Waals surface area (Å²) in [5.74, 6) is 1.03. The quantitative estimate of drug-likeness (QED) is 0.912. The molecule has 0 saturated heterocycles. The Morgan fingerprint density at radius 2 is 2.18 bits per heavy atom. The number of imidazole rings is 1. The second-order valence-electron chi connectivity index (χ2n) is 6.43. The van der Waals surface area contributed by atoms with Gasteiger partial charge in [-0.05, 0) is 43.4 Å². The molecule has 2 heterocycles. The molecule has 1 atom stereocenters. The summed E-state index contributed by atoms with van der Waals surface area (Å²) in [6.45, 7) is 1.73. The molecule has 1 aliphatic carbocycles. The minimum absolute atomic E-state index is 0.0426. The number of rotatable bonds is 3. The first-order valence-corrected chi connectivity index (χ1v) is 7.76. The number of amides is 1. The number of hydrogen-bond donors (Lipinski definition) is 2. The maximum absolute atomic E-state index is 13.9. The van der Waals surface area contributed by atoms with Crippen molar-refractivity contribution >= 4 is 11.6 Å². The largest absolute Gasteiger partial charge is 0.326 e. The van der Waals surface area contributed by atoms with Gasteiger partial charge in [-0.2, -0.15) is 4.39 Å². The highest BCUT2D eigenvalue weighted by Gasteiger charge is 2.32. The van der Waals surface area contributed by atoms with E-state index in [1.54, 1.807) is 13.0 Å². The fourth-order valence-electron chi connectivity index (χ4n) is 3.23. The molecular weight excluding hydrogens is 281 g/mol. The third kappa shape index (κ3) is 2.40. The second-order valence-corrected chi connectivity index (χ2v) is 6.43. The molecule has 1 fully saturated rings. The molecule has 1 amide bonds. The van der Waals surface area contributed by atoms with E-state index < -0.39 is 5.95 Å². The summed E-state index contributed by atoms with van der Waals surface area (Å²) in [6.07, 6.45) is 4.19. The summed E-state index contributed by atoms with van der Waals surface area (Å²) in [5.41, 5.74) is 3.01. The maximum Gasteiger partial charge on any atom is 0.227 e. The van der Waals surface area contributed by atoms with Crippen molar-refractivity contribution in [1.82, 2.24) is 9.97 Å². The van der Waals surface area contributed by atoms with Gasteiger partial charge in [0, 0.05) is 17.2 Å². The van der Waals surface area contributed by atoms with Crippen molar-refractivity contribution in [2.45, 2.75) is 32.6 Å². The van der Waals surface area contributed by atoms with E-state index in [9.17, 15) is 9.18 Å². The zero-order chi connectivity index (χ0) is 15.3. The van der Waals surface area contributed by atoms with Gasteiger partial charge in [-0.15, -0.1) is 0 Å². The molecule has 5 heteroatoms. The van der Waals surface area contributed by atoms with Crippen molar-refractivity contribution in [3.63, 3.8) is 0 Å². The van der Waals surface area contributed by atoms with Crippen molar-refractivity contribution in [3.8, 4) is 11.3 Å². The number of anilines is 1. The zero-order valence-electron chi connectivity index (χ0n) is 12.4. The van der Waals surface area contributed by atoms with Crippen LogP contribution in [0, 0.1) is 24.7 Å². The van der Waals surface area contributed by atoms with Gasteiger partial charge in [-0.1, -0.05) is 18.9 Å². The molecule has 114 valence electrons. The molecule has 1 aromatic carbocycles. The number of nitrogens with zero attached hydrogens (tertiary/aromatic N) is 1. The number of carbonyl (C=O) groups is 1. The van der Waals surface area contributed by atoms with Crippen LogP contribution in [-0.4, -0.2) is 15.9 Å². The summed E-state index contributed by atoms with van der Waals surface area (Å²) in [5, 5.41) is 2.98. The third-order valence-corrected chi connectivity index (χ3v) is 4.57. The van der Waals surface area contributed by atoms with E-state index in [4.69, 9.17) is 0 Å². The molecule has 4 rings (SSSR count). The Hall–Kier alpha value is -2.17. The summed E-state index contributed by atoms with van der Waals surface area (Å²) >= 11 is 0. The van der Waals surface area contributed by atoms with Gasteiger partial charge >= 0.3 is 0 Å². The van der Waals surface area contributed by atoms with Gasteiger partial charge in [-0.3, -0.25) is 4.79 Å². The summed E-state index contributed by atoms with van der Waals surface area (Å²) in [6, 6.07) is 5.60. The van der Waals surface area contributed by atoms with E-state index in [0.29, 0.717) is 17.4 Å². The normalized spacial score (nSPS) is 20.6. The first-order chi connectivity index (χ1) is 10.6. The van der Waals surface area contributed by atoms with Gasteiger partial charge in [0.25, 0.3) is 0 Å². The van der Waals surface area contributed by atoms with E-state index in [2.05, 4.69) is 15.3 Å². The van der Waals surface area contributed by atoms with Crippen LogP contribution in [0.4, 0.5) is 10.1 Å². The summed E-state index contributed by atoms with van der Waals surface area (Å²) < 4.78 is 13.9. The van der Waals surface area contributed by atoms with Crippen molar-refractivity contribution in [3.05, 3.63) is 35.5 Å². The molecule has 2 aliphatic rings. The number of benzene rings is 1. The Kier molecular flexibility index (Phi) is 3.03. The number of hydrogen-bond acceptors (Lipinski definition) is 2. The van der Waals surface area contributed by atoms with Crippen molar-refractivity contribution in [2.24, 2.45) is 11.8 Å². The van der Waals surface area contributed by atoms with Crippen LogP contribution in [0.1, 0.15) is 30.7 Å². The smallest absolute Gasteiger partial charge is 0.227 e. The number of halogens is 1. The summed E-state index contributed by atoms with van der Waals surface area (Å²) in [4.78, 5) is 18.9. The highest BCUT2D eigenvalue weighted by Crippen LogP contribution is 2.39. The molecule has 22 heavy (non-hydrogen) atoms. The minimum atomic E-state index is -0.410. The molecule has 2 N–H and O–H groups in total. The van der Waals surface area contributed by atoms with Gasteiger partial charge in [-0.25, -0.2) is 4.98 Å². The molecular formula is C17H18FN3O. The standard InChI is InChI=1S/C17H18FN3O/c1-9-19-15(16(18)20-9)11-4-5-14-12(7-11)8-13(17(22)21-14)6-10-2-3-10/h4-5,7,10,13H,2-3,6,8H2,1H3,(H,19,20)(H,21,22). The van der Waals surface area contributed by atoms with Crippen LogP contribution in [0.15, 0.2) is 18.2 Å². The van der Waals surface area contributed by atoms with Gasteiger partial charge in [0.05, 0.1) is 0 Å². The highest BCUT2D eigenvalue weighted by atomic mass is 19.1. The number of aryl methyl sites for hydroxylation is 1. The predicted molar refractivity (Wildman–Crippen MR) is 81.9 cm³/mol. The molecule has 1 unspecified atom stereocenters. The van der Waals surface area contributed by atoms with Gasteiger partial charge < -0.3 is 10.3 Å². The lowest BCUT2D eigenvalue weighted by atomic mass is 9.88. The number of aromatic nitrogens is 2. The molecule has 4 nitrogen and oxygen atoms in total. The van der Waals surface area contributed by atoms with Crippen LogP contribution < -0.4 is 5.32 Å². The predicted octanol–water partition coefficient (Wildman–Crippen LogP) is 3.44. The van der Waals surface area contributed by atoms with E-state index in [1.807, 2.05) is 12.1 Å². The number of carbonyl (C=O) groups excluding carboxylic acids is 1. The van der Waals surface area contributed by atoms with Crippen LogP contribution in [0.25, 0.3) is 11.3 Å². The Balaban J connectivity index is 1.66. The Labute approximate surface area is 128 Å². The molecule has 1 aliphatic heterocycles. The monoisotopic (exact) mass is 299 g/mol. The van der Waals surface area contributed by atoms with Crippen LogP contribution >= 0.6 is 0 Å². The van der Waals surface area contributed by atoms with E-state index in [1.165, 1.54) is 12.8 Å². The Morgan fingerprint density at radius 3 is 2.86 bits per heavy atom. The van der Waals surface area contributed by atoms with Crippen LogP contribution in [-0.2, 0) is 11.2 Å². The first-order valence-electron chi connectivity index (χ1n) is 7.76. The highest BCUT2D eigenvalue weighted by molar-refractivity contribution is 5.96. The molecule has 0 radical (unpaired) electrons. The topological polar surface area (TPSA) is 57.8 Å². The second kappa shape index (κ2) is 4.93. The maximum atomic E-state index is 13.9. The molecule has 0 bridgehead atoms. The number of fused-ring (bicyclic) bond motifs is 1. The number of aromatic amines is 1. The fourth-order valence-corrected chi connectivity index (χ4v) is 3.23. The Morgan fingerprint density at radius 1 is 1.36 bits per heavy atom. The average Bonchev–Trinajstić information content (AvgIpc) is 3.23. The van der Waals surface area contributed by atoms with Crippen LogP contribution in [0.5, 0.6) is 0 Å². The lowest BCUT2D eigenvalue weighted by Gasteiger charge is -2.25. The lowest BCUT2D eigenvalue weighted by molar-refractivity contribution is -0.120. The van der Waals surface area contributed by atoms with Crippen molar-refractivity contribution < 1.29 is 9.18 Å². The number of nitrogens with one attached hydrogen (secondary N) is 2. The molecule has 1 aromatic heterocycles. The van der Waals surface area contributed by atoms with Crippen LogP contribution in [0.2, 0.25) is 0 Å². The molecule has 0 spiro atoms. The van der Waals surface area contributed by atoms with E-state index >= 15 is 0 Å². The fraction of sp³-hybridized carbons (Fsp3) is 0.412. The molecule has 1 saturated carbocycles. The first kappa shape index (κ1) is 13.5. The van der Waals surface area contributed by atoms with E-state index in [-0.39, 0.29) is 11.8 Å². The van der Waals surface area contributed by atoms with Gasteiger partial charge in [0.1, 0.15) is 11.5 Å². The van der Waals surface area contributed by atoms with Crippen molar-refractivity contribution in [1.29, 1.82) is 0 Å².